The molecule has 0 radical (unpaired) electrons. The molecule has 1 fully saturated rings. The first-order chi connectivity index (χ1) is 14.2. The van der Waals surface area contributed by atoms with E-state index in [2.05, 4.69) is 13.0 Å². The third kappa shape index (κ3) is 4.83. The highest BCUT2D eigenvalue weighted by Crippen LogP contribution is 2.39. The van der Waals surface area contributed by atoms with Gasteiger partial charge in [0, 0.05) is 6.32 Å². The summed E-state index contributed by atoms with van der Waals surface area (Å²) in [5.41, 5.74) is 5.04. The lowest BCUT2D eigenvalue weighted by Gasteiger charge is -2.32. The molecule has 0 saturated carbocycles. The van der Waals surface area contributed by atoms with Crippen molar-refractivity contribution in [2.45, 2.75) is 64.1 Å². The summed E-state index contributed by atoms with van der Waals surface area (Å²) >= 11 is 0. The number of benzene rings is 1. The smallest absolute Gasteiger partial charge is 0.456 e. The average Bonchev–Trinajstić information content (AvgIpc) is 2.94. The summed E-state index contributed by atoms with van der Waals surface area (Å²) in [4.78, 5) is 0. The number of rotatable bonds is 7. The molecule has 3 N–H and O–H groups in total. The third-order valence-electron chi connectivity index (χ3n) is 6.02. The van der Waals surface area contributed by atoms with Crippen molar-refractivity contribution in [2.24, 2.45) is 0 Å². The number of fused-ring (bicyclic) bond motifs is 1. The zero-order valence-electron chi connectivity index (χ0n) is 17.9. The molecule has 1 aromatic rings. The normalized spacial score (nSPS) is 23.8. The number of phenolic OH excluding ortho intramolecular Hbond substituents is 1. The number of hydrogen-bond acceptors (Lipinski definition) is 6. The van der Waals surface area contributed by atoms with E-state index in [1.165, 1.54) is 5.57 Å². The highest BCUT2D eigenvalue weighted by molar-refractivity contribution is 7.92. The number of allylic oxidation sites excluding steroid dienone is 1. The highest BCUT2D eigenvalue weighted by atomic mass is 32.2. The minimum Gasteiger partial charge on any atom is -0.507 e. The second-order valence-electron chi connectivity index (χ2n) is 8.42. The van der Waals surface area contributed by atoms with Crippen LogP contribution in [-0.2, 0) is 14.5 Å². The predicted molar refractivity (Wildman–Crippen MR) is 119 cm³/mol. The highest BCUT2D eigenvalue weighted by Gasteiger charge is 2.48. The molecule has 3 rings (SSSR count). The van der Waals surface area contributed by atoms with Crippen molar-refractivity contribution >= 4 is 23.0 Å². The van der Waals surface area contributed by atoms with Crippen molar-refractivity contribution in [3.63, 3.8) is 0 Å². The van der Waals surface area contributed by atoms with Crippen LogP contribution >= 0.6 is 0 Å². The second kappa shape index (κ2) is 9.26. The first kappa shape index (κ1) is 23.1. The molecule has 164 valence electrons. The van der Waals surface area contributed by atoms with E-state index in [0.29, 0.717) is 29.7 Å². The van der Waals surface area contributed by atoms with Crippen molar-refractivity contribution in [3.05, 3.63) is 45.5 Å². The molecular weight excluding hydrogens is 403 g/mol. The molecule has 8 heteroatoms. The van der Waals surface area contributed by atoms with Crippen LogP contribution in [0.5, 0.6) is 5.75 Å². The van der Waals surface area contributed by atoms with Crippen LogP contribution < -0.4 is 0 Å². The zero-order chi connectivity index (χ0) is 22.1. The van der Waals surface area contributed by atoms with Crippen molar-refractivity contribution < 1.29 is 28.3 Å². The van der Waals surface area contributed by atoms with Crippen LogP contribution in [0.15, 0.2) is 28.9 Å². The Morgan fingerprint density at radius 2 is 1.93 bits per heavy atom. The van der Waals surface area contributed by atoms with Gasteiger partial charge in [-0.05, 0) is 73.1 Å². The summed E-state index contributed by atoms with van der Waals surface area (Å²) in [6.07, 6.45) is 4.73. The average molecular weight is 434 g/mol. The first-order valence-corrected chi connectivity index (χ1v) is 12.2. The van der Waals surface area contributed by atoms with Gasteiger partial charge in [-0.3, -0.25) is 0 Å². The van der Waals surface area contributed by atoms with Gasteiger partial charge in [0.1, 0.15) is 5.75 Å². The lowest BCUT2D eigenvalue weighted by Crippen LogP contribution is -2.42. The van der Waals surface area contributed by atoms with Crippen LogP contribution in [-0.4, -0.2) is 54.5 Å². The topological polar surface area (TPSA) is 104 Å². The molecule has 1 saturated heterocycles. The monoisotopic (exact) mass is 434 g/mol. The second-order valence-corrected chi connectivity index (χ2v) is 10.6. The fourth-order valence-corrected chi connectivity index (χ4v) is 6.74. The maximum atomic E-state index is 12.5. The number of phenols is 1. The Hall–Kier alpha value is -1.61. The van der Waals surface area contributed by atoms with Gasteiger partial charge < -0.3 is 19.9 Å². The zero-order valence-corrected chi connectivity index (χ0v) is 18.7. The Morgan fingerprint density at radius 3 is 2.53 bits per heavy atom. The molecule has 6 nitrogen and oxygen atoms in total. The van der Waals surface area contributed by atoms with Gasteiger partial charge in [-0.1, -0.05) is 25.0 Å². The van der Waals surface area contributed by atoms with E-state index < -0.39 is 28.3 Å². The molecule has 2 atom stereocenters. The van der Waals surface area contributed by atoms with Gasteiger partial charge in [0.15, 0.2) is 9.84 Å². The maximum absolute atomic E-state index is 12.5. The largest absolute Gasteiger partial charge is 0.507 e. The Bertz CT molecular complexity index is 943. The molecule has 0 amide bonds. The van der Waals surface area contributed by atoms with Crippen molar-refractivity contribution in [1.82, 2.24) is 0 Å². The SMILES string of the molecule is CCC/C(=C\c1cc(C)c(O)c(C)c1)CC[C@H]1OB(O)C[C@H]2C1=C(CO)CS2(=O)=O. The molecule has 2 aliphatic rings. The summed E-state index contributed by atoms with van der Waals surface area (Å²) in [6, 6.07) is 3.90. The number of aromatic hydroxyl groups is 1. The van der Waals surface area contributed by atoms with E-state index in [0.717, 1.165) is 29.5 Å². The minimum atomic E-state index is -3.40. The summed E-state index contributed by atoms with van der Waals surface area (Å²) in [5, 5.41) is 29.0. The van der Waals surface area contributed by atoms with Crippen LogP contribution in [0.2, 0.25) is 6.32 Å². The quantitative estimate of drug-likeness (QED) is 0.450. The maximum Gasteiger partial charge on any atom is 0.456 e. The number of hydrogen-bond donors (Lipinski definition) is 3. The predicted octanol–water partition coefficient (Wildman–Crippen LogP) is 2.94. The van der Waals surface area contributed by atoms with Gasteiger partial charge in [-0.15, -0.1) is 0 Å². The fourth-order valence-electron chi connectivity index (χ4n) is 4.63. The van der Waals surface area contributed by atoms with Gasteiger partial charge in [0.05, 0.1) is 23.7 Å². The lowest BCUT2D eigenvalue weighted by atomic mass is 9.74. The Labute approximate surface area is 179 Å². The Morgan fingerprint density at radius 1 is 1.27 bits per heavy atom. The van der Waals surface area contributed by atoms with Gasteiger partial charge in [0.2, 0.25) is 0 Å². The van der Waals surface area contributed by atoms with Crippen molar-refractivity contribution in [3.8, 4) is 5.75 Å². The molecule has 2 aliphatic heterocycles. The molecule has 1 aromatic carbocycles. The molecule has 0 aliphatic carbocycles. The summed E-state index contributed by atoms with van der Waals surface area (Å²) < 4.78 is 30.7. The van der Waals surface area contributed by atoms with Crippen LogP contribution in [0.4, 0.5) is 0 Å². The summed E-state index contributed by atoms with van der Waals surface area (Å²) in [7, 11) is -4.51. The van der Waals surface area contributed by atoms with E-state index in [1.807, 2.05) is 26.0 Å². The molecule has 0 bridgehead atoms. The first-order valence-electron chi connectivity index (χ1n) is 10.5. The van der Waals surface area contributed by atoms with E-state index >= 15 is 0 Å². The van der Waals surface area contributed by atoms with Crippen LogP contribution in [0.25, 0.3) is 6.08 Å². The fraction of sp³-hybridized carbons (Fsp3) is 0.545. The van der Waals surface area contributed by atoms with Crippen molar-refractivity contribution in [2.75, 3.05) is 12.4 Å². The summed E-state index contributed by atoms with van der Waals surface area (Å²) in [5.74, 6) is 0.158. The van der Waals surface area contributed by atoms with E-state index in [1.54, 1.807) is 0 Å². The molecule has 0 aromatic heterocycles. The molecular formula is C22H31BO6S. The standard InChI is InChI=1S/C22H31BO6S/c1-4-5-16(10-17-8-14(2)22(25)15(3)9-17)6-7-19-21-18(12-24)13-30(27,28)20(21)11-23(26)29-19/h8-10,19-20,24-26H,4-7,11-13H2,1-3H3/b16-10+/t19-,20+/m1/s1. The van der Waals surface area contributed by atoms with Gasteiger partial charge in [-0.2, -0.15) is 0 Å². The Balaban J connectivity index is 1.83. The van der Waals surface area contributed by atoms with Gasteiger partial charge in [-0.25, -0.2) is 8.42 Å². The minimum absolute atomic E-state index is 0.0292. The van der Waals surface area contributed by atoms with Gasteiger partial charge >= 0.3 is 7.12 Å². The molecule has 0 unspecified atom stereocenters. The number of aryl methyl sites for hydroxylation is 2. The summed E-state index contributed by atoms with van der Waals surface area (Å²) in [6.45, 7) is 5.55. The van der Waals surface area contributed by atoms with Crippen LogP contribution in [0.1, 0.15) is 49.3 Å². The third-order valence-corrected chi connectivity index (χ3v) is 8.09. The lowest BCUT2D eigenvalue weighted by molar-refractivity contribution is 0.168. The van der Waals surface area contributed by atoms with Crippen molar-refractivity contribution in [1.29, 1.82) is 0 Å². The number of sulfone groups is 1. The van der Waals surface area contributed by atoms with Crippen LogP contribution in [0.3, 0.4) is 0 Å². The van der Waals surface area contributed by atoms with Crippen LogP contribution in [0, 0.1) is 13.8 Å². The number of aliphatic hydroxyl groups is 1. The van der Waals surface area contributed by atoms with E-state index in [9.17, 15) is 23.7 Å². The molecule has 2 heterocycles. The molecule has 30 heavy (non-hydrogen) atoms. The van der Waals surface area contributed by atoms with E-state index in [-0.39, 0.29) is 18.7 Å². The number of aliphatic hydroxyl groups excluding tert-OH is 1. The van der Waals surface area contributed by atoms with Gasteiger partial charge in [0.25, 0.3) is 0 Å². The van der Waals surface area contributed by atoms with E-state index in [4.69, 9.17) is 4.65 Å². The Kier molecular flexibility index (Phi) is 7.12. The molecule has 0 spiro atoms.